The molecule has 0 bridgehead atoms. The third-order valence-corrected chi connectivity index (χ3v) is 3.45. The number of ether oxygens (including phenoxy) is 1. The third-order valence-electron chi connectivity index (χ3n) is 3.45. The fraction of sp³-hybridized carbons (Fsp3) is 0.846. The first-order chi connectivity index (χ1) is 8.52. The van der Waals surface area contributed by atoms with Gasteiger partial charge >= 0.3 is 5.97 Å². The van der Waals surface area contributed by atoms with Crippen LogP contribution in [-0.2, 0) is 14.3 Å². The van der Waals surface area contributed by atoms with E-state index < -0.39 is 0 Å². The number of likely N-dealkylation sites (tertiary alicyclic amines) is 1. The van der Waals surface area contributed by atoms with Crippen LogP contribution in [0.25, 0.3) is 0 Å². The third kappa shape index (κ3) is 5.04. The monoisotopic (exact) mass is 256 g/mol. The molecule has 1 rings (SSSR count). The van der Waals surface area contributed by atoms with Crippen molar-refractivity contribution in [1.29, 1.82) is 0 Å². The molecule has 0 aliphatic carbocycles. The highest BCUT2D eigenvalue weighted by Crippen LogP contribution is 2.16. The van der Waals surface area contributed by atoms with Gasteiger partial charge in [0.25, 0.3) is 0 Å². The minimum atomic E-state index is -0.325. The molecular formula is C13H24N2O3. The maximum Gasteiger partial charge on any atom is 0.306 e. The van der Waals surface area contributed by atoms with Crippen LogP contribution in [0.2, 0.25) is 0 Å². The molecule has 0 N–H and O–H groups in total. The highest BCUT2D eigenvalue weighted by Gasteiger charge is 2.20. The van der Waals surface area contributed by atoms with Gasteiger partial charge in [-0.2, -0.15) is 0 Å². The van der Waals surface area contributed by atoms with Crippen molar-refractivity contribution >= 4 is 11.9 Å². The van der Waals surface area contributed by atoms with Gasteiger partial charge in [-0.1, -0.05) is 0 Å². The van der Waals surface area contributed by atoms with Gasteiger partial charge in [0.15, 0.2) is 0 Å². The van der Waals surface area contributed by atoms with Crippen molar-refractivity contribution in [3.63, 3.8) is 0 Å². The molecule has 0 spiro atoms. The summed E-state index contributed by atoms with van der Waals surface area (Å²) in [7, 11) is 5.27. The smallest absolute Gasteiger partial charge is 0.306 e. The van der Waals surface area contributed by atoms with Crippen LogP contribution in [0.3, 0.4) is 0 Å². The topological polar surface area (TPSA) is 49.9 Å². The molecule has 0 aromatic carbocycles. The van der Waals surface area contributed by atoms with Crippen LogP contribution >= 0.6 is 0 Å². The summed E-state index contributed by atoms with van der Waals surface area (Å²) in [5, 5.41) is 0. The highest BCUT2D eigenvalue weighted by atomic mass is 16.5. The van der Waals surface area contributed by atoms with Crippen LogP contribution in [0.15, 0.2) is 0 Å². The molecule has 18 heavy (non-hydrogen) atoms. The van der Waals surface area contributed by atoms with Gasteiger partial charge in [0, 0.05) is 26.6 Å². The van der Waals surface area contributed by atoms with Gasteiger partial charge in [0.2, 0.25) is 5.91 Å². The highest BCUT2D eigenvalue weighted by molar-refractivity contribution is 5.81. The van der Waals surface area contributed by atoms with Crippen LogP contribution in [0.5, 0.6) is 0 Å². The minimum Gasteiger partial charge on any atom is -0.469 e. The summed E-state index contributed by atoms with van der Waals surface area (Å²) in [6.45, 7) is 2.98. The lowest BCUT2D eigenvalue weighted by molar-refractivity contribution is -0.143. The molecule has 0 aromatic heterocycles. The van der Waals surface area contributed by atoms with Gasteiger partial charge in [0.05, 0.1) is 13.5 Å². The Morgan fingerprint density at radius 2 is 2.11 bits per heavy atom. The fourth-order valence-corrected chi connectivity index (χ4v) is 2.41. The second kappa shape index (κ2) is 7.36. The lowest BCUT2D eigenvalue weighted by atomic mass is 9.98. The molecule has 1 amide bonds. The van der Waals surface area contributed by atoms with Crippen LogP contribution in [-0.4, -0.2) is 62.5 Å². The largest absolute Gasteiger partial charge is 0.469 e. The summed E-state index contributed by atoms with van der Waals surface area (Å²) in [4.78, 5) is 26.8. The van der Waals surface area contributed by atoms with Crippen LogP contribution in [0, 0.1) is 5.92 Å². The van der Waals surface area contributed by atoms with E-state index in [-0.39, 0.29) is 24.7 Å². The summed E-state index contributed by atoms with van der Waals surface area (Å²) in [6.07, 6.45) is 2.79. The second-order valence-corrected chi connectivity index (χ2v) is 5.12. The standard InChI is InChI=1S/C13H24N2O3/c1-14-8-4-5-11(9-14)10-15(2)12(16)6-7-13(17)18-3/h11H,4-10H2,1-3H3. The molecule has 1 aliphatic heterocycles. The number of hydrogen-bond donors (Lipinski definition) is 0. The number of esters is 1. The van der Waals surface area contributed by atoms with Crippen molar-refractivity contribution in [2.45, 2.75) is 25.7 Å². The van der Waals surface area contributed by atoms with Gasteiger partial charge in [-0.15, -0.1) is 0 Å². The molecule has 5 heteroatoms. The number of carbonyl (C=O) groups excluding carboxylic acids is 2. The Kier molecular flexibility index (Phi) is 6.12. The van der Waals surface area contributed by atoms with Crippen molar-refractivity contribution in [1.82, 2.24) is 9.80 Å². The first-order valence-electron chi connectivity index (χ1n) is 6.52. The van der Waals surface area contributed by atoms with Crippen molar-refractivity contribution < 1.29 is 14.3 Å². The number of amides is 1. The Morgan fingerprint density at radius 3 is 2.72 bits per heavy atom. The van der Waals surface area contributed by atoms with E-state index >= 15 is 0 Å². The fourth-order valence-electron chi connectivity index (χ4n) is 2.41. The van der Waals surface area contributed by atoms with E-state index in [1.807, 2.05) is 7.05 Å². The van der Waals surface area contributed by atoms with Gasteiger partial charge in [0.1, 0.15) is 0 Å². The van der Waals surface area contributed by atoms with Gasteiger partial charge in [-0.3, -0.25) is 9.59 Å². The normalized spacial score (nSPS) is 20.5. The number of piperidine rings is 1. The van der Waals surface area contributed by atoms with Crippen molar-refractivity contribution in [2.24, 2.45) is 5.92 Å². The molecule has 1 unspecified atom stereocenters. The average Bonchev–Trinajstić information content (AvgIpc) is 2.35. The Labute approximate surface area is 109 Å². The lowest BCUT2D eigenvalue weighted by Gasteiger charge is -2.32. The Morgan fingerprint density at radius 1 is 1.39 bits per heavy atom. The van der Waals surface area contributed by atoms with E-state index in [1.54, 1.807) is 4.90 Å². The molecule has 1 saturated heterocycles. The first-order valence-corrected chi connectivity index (χ1v) is 6.52. The van der Waals surface area contributed by atoms with Crippen LogP contribution in [0.4, 0.5) is 0 Å². The maximum absolute atomic E-state index is 11.8. The molecule has 104 valence electrons. The number of hydrogen-bond acceptors (Lipinski definition) is 4. The predicted molar refractivity (Wildman–Crippen MR) is 69.1 cm³/mol. The Bertz CT molecular complexity index is 294. The zero-order valence-electron chi connectivity index (χ0n) is 11.6. The quantitative estimate of drug-likeness (QED) is 0.681. The first kappa shape index (κ1) is 15.0. The predicted octanol–water partition coefficient (Wildman–Crippen LogP) is 0.740. The summed E-state index contributed by atoms with van der Waals surface area (Å²) in [6, 6.07) is 0. The molecule has 0 aromatic rings. The number of nitrogens with zero attached hydrogens (tertiary/aromatic N) is 2. The van der Waals surface area contributed by atoms with Gasteiger partial charge in [-0.25, -0.2) is 0 Å². The zero-order chi connectivity index (χ0) is 13.5. The molecular weight excluding hydrogens is 232 g/mol. The van der Waals surface area contributed by atoms with Crippen molar-refractivity contribution in [3.05, 3.63) is 0 Å². The van der Waals surface area contributed by atoms with Crippen LogP contribution < -0.4 is 0 Å². The molecule has 1 atom stereocenters. The van der Waals surface area contributed by atoms with E-state index in [9.17, 15) is 9.59 Å². The number of methoxy groups -OCH3 is 1. The minimum absolute atomic E-state index is 0.0219. The van der Waals surface area contributed by atoms with E-state index in [2.05, 4.69) is 16.7 Å². The van der Waals surface area contributed by atoms with E-state index in [0.29, 0.717) is 5.92 Å². The van der Waals surface area contributed by atoms with Gasteiger partial charge < -0.3 is 14.5 Å². The molecule has 1 fully saturated rings. The summed E-state index contributed by atoms with van der Waals surface area (Å²) >= 11 is 0. The van der Waals surface area contributed by atoms with Crippen molar-refractivity contribution in [2.75, 3.05) is 40.8 Å². The molecule has 0 radical (unpaired) electrons. The van der Waals surface area contributed by atoms with Gasteiger partial charge in [-0.05, 0) is 32.4 Å². The maximum atomic E-state index is 11.8. The molecule has 1 aliphatic rings. The van der Waals surface area contributed by atoms with E-state index in [0.717, 1.165) is 19.6 Å². The number of rotatable bonds is 5. The summed E-state index contributed by atoms with van der Waals surface area (Å²) in [5.41, 5.74) is 0. The number of carbonyl (C=O) groups is 2. The summed E-state index contributed by atoms with van der Waals surface area (Å²) in [5.74, 6) is 0.249. The van der Waals surface area contributed by atoms with Crippen LogP contribution in [0.1, 0.15) is 25.7 Å². The Balaban J connectivity index is 2.28. The summed E-state index contributed by atoms with van der Waals surface area (Å²) < 4.78 is 4.53. The second-order valence-electron chi connectivity index (χ2n) is 5.12. The molecule has 1 heterocycles. The molecule has 5 nitrogen and oxygen atoms in total. The molecule has 0 saturated carbocycles. The Hall–Kier alpha value is -1.10. The SMILES string of the molecule is COC(=O)CCC(=O)N(C)CC1CCCN(C)C1. The van der Waals surface area contributed by atoms with Crippen molar-refractivity contribution in [3.8, 4) is 0 Å². The lowest BCUT2D eigenvalue weighted by Crippen LogP contribution is -2.40. The van der Waals surface area contributed by atoms with E-state index in [4.69, 9.17) is 0 Å². The zero-order valence-corrected chi connectivity index (χ0v) is 11.6. The average molecular weight is 256 g/mol. The van der Waals surface area contributed by atoms with E-state index in [1.165, 1.54) is 20.0 Å².